The number of amides is 1. The molecule has 3 saturated heterocycles. The molecule has 2 aromatic rings. The molecule has 0 aliphatic carbocycles. The zero-order chi connectivity index (χ0) is 17.2. The van der Waals surface area contributed by atoms with E-state index in [4.69, 9.17) is 0 Å². The minimum Gasteiger partial charge on any atom is -0.348 e. The predicted octanol–water partition coefficient (Wildman–Crippen LogP) is 3.37. The molecule has 1 aromatic carbocycles. The molecule has 130 valence electrons. The quantitative estimate of drug-likeness (QED) is 0.915. The van der Waals surface area contributed by atoms with Gasteiger partial charge < -0.3 is 10.2 Å². The van der Waals surface area contributed by atoms with Crippen molar-refractivity contribution in [3.63, 3.8) is 0 Å². The van der Waals surface area contributed by atoms with Gasteiger partial charge in [-0.05, 0) is 74.7 Å². The van der Waals surface area contributed by atoms with Gasteiger partial charge >= 0.3 is 0 Å². The van der Waals surface area contributed by atoms with Gasteiger partial charge in [0.05, 0.1) is 0 Å². The molecular weight excluding hydrogens is 330 g/mol. The number of pyridine rings is 1. The van der Waals surface area contributed by atoms with Gasteiger partial charge in [0.25, 0.3) is 5.91 Å². The lowest BCUT2D eigenvalue weighted by Gasteiger charge is -2.44. The number of aryl methyl sites for hydroxylation is 1. The van der Waals surface area contributed by atoms with Crippen molar-refractivity contribution in [1.82, 2.24) is 15.2 Å². The van der Waals surface area contributed by atoms with E-state index in [9.17, 15) is 4.79 Å². The van der Waals surface area contributed by atoms with Crippen LogP contribution in [0.3, 0.4) is 0 Å². The fraction of sp³-hybridized carbons (Fsp3) is 0.400. The summed E-state index contributed by atoms with van der Waals surface area (Å²) in [4.78, 5) is 21.5. The number of nitrogens with zero attached hydrogens (tertiary/aromatic N) is 2. The van der Waals surface area contributed by atoms with Crippen LogP contribution in [0.25, 0.3) is 0 Å². The van der Waals surface area contributed by atoms with Crippen LogP contribution in [0.1, 0.15) is 28.8 Å². The summed E-state index contributed by atoms with van der Waals surface area (Å²) in [5.74, 6) is 0.699. The summed E-state index contributed by atoms with van der Waals surface area (Å²) in [6.07, 6.45) is 6.15. The molecular formula is C20H23N3OS. The van der Waals surface area contributed by atoms with Crippen LogP contribution in [0.15, 0.2) is 52.5 Å². The molecule has 1 aromatic heterocycles. The lowest BCUT2D eigenvalue weighted by Crippen LogP contribution is -2.57. The number of nitrogens with one attached hydrogen (secondary N) is 1. The fourth-order valence-corrected chi connectivity index (χ4v) is 4.68. The second-order valence-corrected chi connectivity index (χ2v) is 8.19. The fourth-order valence-electron chi connectivity index (χ4n) is 3.77. The van der Waals surface area contributed by atoms with E-state index in [1.54, 1.807) is 11.8 Å². The largest absolute Gasteiger partial charge is 0.348 e. The summed E-state index contributed by atoms with van der Waals surface area (Å²) in [5.41, 5.74) is 1.89. The Morgan fingerprint density at radius 2 is 1.92 bits per heavy atom. The van der Waals surface area contributed by atoms with Crippen molar-refractivity contribution in [3.8, 4) is 0 Å². The van der Waals surface area contributed by atoms with E-state index in [0.717, 1.165) is 27.5 Å². The standard InChI is InChI=1S/C20H23N3OS/c1-14-10-18(12-21-11-14)25-17-4-2-16(3-5-17)20(24)22-19-13-23-8-6-15(19)7-9-23/h2-5,10-12,15,19H,6-9,13H2,1H3,(H,22,24)/t19-/m0/s1. The van der Waals surface area contributed by atoms with Crippen LogP contribution in [0.5, 0.6) is 0 Å². The first-order valence-electron chi connectivity index (χ1n) is 8.90. The molecule has 5 rings (SSSR count). The molecule has 0 radical (unpaired) electrons. The molecule has 4 heterocycles. The van der Waals surface area contributed by atoms with Gasteiger partial charge in [-0.2, -0.15) is 0 Å². The van der Waals surface area contributed by atoms with Crippen LogP contribution in [0.2, 0.25) is 0 Å². The predicted molar refractivity (Wildman–Crippen MR) is 100.0 cm³/mol. The third-order valence-corrected chi connectivity index (χ3v) is 6.14. The van der Waals surface area contributed by atoms with Crippen molar-refractivity contribution in [2.24, 2.45) is 5.92 Å². The number of piperidine rings is 3. The molecule has 3 aliphatic heterocycles. The number of fused-ring (bicyclic) bond motifs is 3. The lowest BCUT2D eigenvalue weighted by atomic mass is 9.84. The number of benzene rings is 1. The third kappa shape index (κ3) is 3.88. The van der Waals surface area contributed by atoms with E-state index in [1.807, 2.05) is 43.6 Å². The average Bonchev–Trinajstić information content (AvgIpc) is 2.63. The normalized spacial score (nSPS) is 24.9. The van der Waals surface area contributed by atoms with Crippen LogP contribution in [-0.4, -0.2) is 41.5 Å². The van der Waals surface area contributed by atoms with Crippen LogP contribution in [0.4, 0.5) is 0 Å². The van der Waals surface area contributed by atoms with Crippen LogP contribution >= 0.6 is 11.8 Å². The summed E-state index contributed by atoms with van der Waals surface area (Å²) < 4.78 is 0. The first kappa shape index (κ1) is 16.6. The van der Waals surface area contributed by atoms with Gasteiger partial charge in [0, 0.05) is 40.3 Å². The molecule has 3 fully saturated rings. The Balaban J connectivity index is 1.39. The maximum Gasteiger partial charge on any atom is 0.251 e. The smallest absolute Gasteiger partial charge is 0.251 e. The number of carbonyl (C=O) groups excluding carboxylic acids is 1. The van der Waals surface area contributed by atoms with E-state index in [2.05, 4.69) is 21.3 Å². The highest BCUT2D eigenvalue weighted by atomic mass is 32.2. The summed E-state index contributed by atoms with van der Waals surface area (Å²) in [7, 11) is 0. The second kappa shape index (κ2) is 7.18. The molecule has 1 amide bonds. The lowest BCUT2D eigenvalue weighted by molar-refractivity contribution is 0.0620. The maximum atomic E-state index is 12.6. The molecule has 1 N–H and O–H groups in total. The van der Waals surface area contributed by atoms with Crippen molar-refractivity contribution in [2.75, 3.05) is 19.6 Å². The SMILES string of the molecule is Cc1cncc(Sc2ccc(C(=O)N[C@H]3CN4CCC3CC4)cc2)c1. The van der Waals surface area contributed by atoms with Crippen molar-refractivity contribution in [2.45, 2.75) is 35.6 Å². The molecule has 3 aliphatic rings. The highest BCUT2D eigenvalue weighted by Gasteiger charge is 2.34. The summed E-state index contributed by atoms with van der Waals surface area (Å²) >= 11 is 1.67. The molecule has 0 spiro atoms. The van der Waals surface area contributed by atoms with E-state index in [1.165, 1.54) is 25.9 Å². The Hall–Kier alpha value is -1.85. The monoisotopic (exact) mass is 353 g/mol. The van der Waals surface area contributed by atoms with Gasteiger partial charge in [-0.25, -0.2) is 0 Å². The third-order valence-electron chi connectivity index (χ3n) is 5.17. The second-order valence-electron chi connectivity index (χ2n) is 7.04. The summed E-state index contributed by atoms with van der Waals surface area (Å²) in [6, 6.07) is 10.3. The van der Waals surface area contributed by atoms with Gasteiger partial charge in [-0.1, -0.05) is 11.8 Å². The molecule has 1 atom stereocenters. The number of hydrogen-bond donors (Lipinski definition) is 1. The Bertz CT molecular complexity index is 754. The molecule has 0 saturated carbocycles. The molecule has 25 heavy (non-hydrogen) atoms. The Labute approximate surface area is 153 Å². The van der Waals surface area contributed by atoms with Crippen LogP contribution < -0.4 is 5.32 Å². The molecule has 2 bridgehead atoms. The maximum absolute atomic E-state index is 12.6. The first-order chi connectivity index (χ1) is 12.2. The highest BCUT2D eigenvalue weighted by molar-refractivity contribution is 7.99. The molecule has 4 nitrogen and oxygen atoms in total. The number of carbonyl (C=O) groups is 1. The Kier molecular flexibility index (Phi) is 4.77. The Morgan fingerprint density at radius 3 is 2.56 bits per heavy atom. The van der Waals surface area contributed by atoms with E-state index in [-0.39, 0.29) is 5.91 Å². The Morgan fingerprint density at radius 1 is 1.16 bits per heavy atom. The number of rotatable bonds is 4. The highest BCUT2D eigenvalue weighted by Crippen LogP contribution is 2.29. The topological polar surface area (TPSA) is 45.2 Å². The number of aromatic nitrogens is 1. The van der Waals surface area contributed by atoms with Crippen molar-refractivity contribution < 1.29 is 4.79 Å². The van der Waals surface area contributed by atoms with Crippen molar-refractivity contribution >= 4 is 17.7 Å². The zero-order valence-electron chi connectivity index (χ0n) is 14.4. The van der Waals surface area contributed by atoms with Crippen LogP contribution in [-0.2, 0) is 0 Å². The van der Waals surface area contributed by atoms with Gasteiger partial charge in [-0.15, -0.1) is 0 Å². The van der Waals surface area contributed by atoms with Gasteiger partial charge in [-0.3, -0.25) is 9.78 Å². The molecule has 5 heteroatoms. The van der Waals surface area contributed by atoms with Gasteiger partial charge in [0.15, 0.2) is 0 Å². The van der Waals surface area contributed by atoms with E-state index >= 15 is 0 Å². The van der Waals surface area contributed by atoms with Gasteiger partial charge in [0.2, 0.25) is 0 Å². The summed E-state index contributed by atoms with van der Waals surface area (Å²) in [5, 5.41) is 3.25. The minimum atomic E-state index is 0.0486. The zero-order valence-corrected chi connectivity index (χ0v) is 15.3. The van der Waals surface area contributed by atoms with Crippen LogP contribution in [0, 0.1) is 12.8 Å². The average molecular weight is 353 g/mol. The van der Waals surface area contributed by atoms with Crippen molar-refractivity contribution in [1.29, 1.82) is 0 Å². The minimum absolute atomic E-state index is 0.0486. The molecule has 0 unspecified atom stereocenters. The summed E-state index contributed by atoms with van der Waals surface area (Å²) in [6.45, 7) is 5.43. The van der Waals surface area contributed by atoms with E-state index in [0.29, 0.717) is 12.0 Å². The van der Waals surface area contributed by atoms with Gasteiger partial charge in [0.1, 0.15) is 0 Å². The van der Waals surface area contributed by atoms with Crippen molar-refractivity contribution in [3.05, 3.63) is 53.9 Å². The first-order valence-corrected chi connectivity index (χ1v) is 9.72. The van der Waals surface area contributed by atoms with E-state index < -0.39 is 0 Å². The number of hydrogen-bond acceptors (Lipinski definition) is 4.